The zero-order valence-corrected chi connectivity index (χ0v) is 27.0. The van der Waals surface area contributed by atoms with Crippen LogP contribution in [0.4, 0.5) is 5.69 Å². The van der Waals surface area contributed by atoms with Crippen molar-refractivity contribution in [3.8, 4) is 0 Å². The third kappa shape index (κ3) is 8.06. The summed E-state index contributed by atoms with van der Waals surface area (Å²) in [7, 11) is -4.15. The maximum absolute atomic E-state index is 14.2. The molecule has 42 heavy (non-hydrogen) atoms. The van der Waals surface area contributed by atoms with Crippen molar-refractivity contribution in [1.82, 2.24) is 10.2 Å². The van der Waals surface area contributed by atoms with Crippen LogP contribution in [0.5, 0.6) is 0 Å². The number of carbonyl (C=O) groups excluding carboxylic acids is 2. The standard InChI is InChI=1S/C32H39Cl2N3O4S/c1-6-23(5)35-32(39)30(7-2)36(20-27-28(33)14-11-15-29(27)34)31(38)21-37(25-18-16-24(17-19-25)22(3)4)42(40,41)26-12-9-8-10-13-26/h8-19,22-23,30H,6-7,20-21H2,1-5H3,(H,35,39)/t23-,30+/m1/s1. The van der Waals surface area contributed by atoms with E-state index >= 15 is 0 Å². The Bertz CT molecular complexity index is 1440. The van der Waals surface area contributed by atoms with Crippen molar-refractivity contribution in [3.63, 3.8) is 0 Å². The highest BCUT2D eigenvalue weighted by atomic mass is 35.5. The molecule has 10 heteroatoms. The lowest BCUT2D eigenvalue weighted by Gasteiger charge is -2.34. The zero-order chi connectivity index (χ0) is 31.0. The van der Waals surface area contributed by atoms with Gasteiger partial charge < -0.3 is 10.2 Å². The maximum Gasteiger partial charge on any atom is 0.264 e. The van der Waals surface area contributed by atoms with Gasteiger partial charge in [-0.25, -0.2) is 8.42 Å². The van der Waals surface area contributed by atoms with Crippen LogP contribution in [-0.4, -0.2) is 43.8 Å². The van der Waals surface area contributed by atoms with Crippen LogP contribution in [0.3, 0.4) is 0 Å². The Hall–Kier alpha value is -3.07. The Kier molecular flexibility index (Phi) is 11.9. The van der Waals surface area contributed by atoms with Gasteiger partial charge in [0.05, 0.1) is 10.6 Å². The van der Waals surface area contributed by atoms with Gasteiger partial charge in [0, 0.05) is 28.2 Å². The third-order valence-corrected chi connectivity index (χ3v) is 9.73. The quantitative estimate of drug-likeness (QED) is 0.219. The fourth-order valence-corrected chi connectivity index (χ4v) is 6.44. The van der Waals surface area contributed by atoms with E-state index in [1.807, 2.05) is 39.8 Å². The molecule has 0 aliphatic rings. The van der Waals surface area contributed by atoms with Gasteiger partial charge >= 0.3 is 0 Å². The average Bonchev–Trinajstić information content (AvgIpc) is 2.97. The summed E-state index contributed by atoms with van der Waals surface area (Å²) in [4.78, 5) is 29.1. The predicted octanol–water partition coefficient (Wildman–Crippen LogP) is 7.03. The molecule has 226 valence electrons. The summed E-state index contributed by atoms with van der Waals surface area (Å²) < 4.78 is 29.0. The molecule has 0 unspecified atom stereocenters. The lowest BCUT2D eigenvalue weighted by Crippen LogP contribution is -2.53. The molecule has 3 aromatic rings. The van der Waals surface area contributed by atoms with Gasteiger partial charge in [0.2, 0.25) is 11.8 Å². The first kappa shape index (κ1) is 33.4. The number of hydrogen-bond acceptors (Lipinski definition) is 4. The number of benzene rings is 3. The van der Waals surface area contributed by atoms with E-state index in [2.05, 4.69) is 5.32 Å². The predicted molar refractivity (Wildman–Crippen MR) is 170 cm³/mol. The monoisotopic (exact) mass is 631 g/mol. The van der Waals surface area contributed by atoms with Crippen LogP contribution in [0.15, 0.2) is 77.7 Å². The number of nitrogens with one attached hydrogen (secondary N) is 1. The molecular weight excluding hydrogens is 593 g/mol. The van der Waals surface area contributed by atoms with Gasteiger partial charge in [-0.2, -0.15) is 0 Å². The summed E-state index contributed by atoms with van der Waals surface area (Å²) in [5.41, 5.74) is 1.84. The minimum atomic E-state index is -4.15. The first-order chi connectivity index (χ1) is 19.9. The van der Waals surface area contributed by atoms with Crippen molar-refractivity contribution in [2.24, 2.45) is 0 Å². The van der Waals surface area contributed by atoms with Gasteiger partial charge in [0.15, 0.2) is 0 Å². The van der Waals surface area contributed by atoms with Crippen molar-refractivity contribution < 1.29 is 18.0 Å². The van der Waals surface area contributed by atoms with Gasteiger partial charge in [-0.05, 0) is 67.6 Å². The Morgan fingerprint density at radius 3 is 1.95 bits per heavy atom. The molecule has 0 bridgehead atoms. The van der Waals surface area contributed by atoms with Crippen LogP contribution in [-0.2, 0) is 26.2 Å². The lowest BCUT2D eigenvalue weighted by molar-refractivity contribution is -0.140. The number of amides is 2. The fraction of sp³-hybridized carbons (Fsp3) is 0.375. The Balaban J connectivity index is 2.10. The molecule has 0 fully saturated rings. The number of rotatable bonds is 13. The molecule has 0 saturated carbocycles. The summed E-state index contributed by atoms with van der Waals surface area (Å²) in [5.74, 6) is -0.656. The molecule has 1 N–H and O–H groups in total. The molecule has 0 heterocycles. The molecule has 0 aromatic heterocycles. The van der Waals surface area contributed by atoms with E-state index in [9.17, 15) is 18.0 Å². The molecule has 3 rings (SSSR count). The van der Waals surface area contributed by atoms with Crippen molar-refractivity contribution in [2.75, 3.05) is 10.8 Å². The Morgan fingerprint density at radius 1 is 0.833 bits per heavy atom. The van der Waals surface area contributed by atoms with Gasteiger partial charge in [0.1, 0.15) is 12.6 Å². The molecule has 3 aromatic carbocycles. The molecule has 0 saturated heterocycles. The maximum atomic E-state index is 14.2. The van der Waals surface area contributed by atoms with E-state index in [1.54, 1.807) is 55.5 Å². The fourth-order valence-electron chi connectivity index (χ4n) is 4.49. The smallest absolute Gasteiger partial charge is 0.264 e. The number of carbonyl (C=O) groups is 2. The van der Waals surface area contributed by atoms with Crippen molar-refractivity contribution in [3.05, 3.63) is 94.0 Å². The van der Waals surface area contributed by atoms with Crippen LogP contribution in [0.25, 0.3) is 0 Å². The summed E-state index contributed by atoms with van der Waals surface area (Å²) in [5, 5.41) is 3.64. The largest absolute Gasteiger partial charge is 0.352 e. The summed E-state index contributed by atoms with van der Waals surface area (Å²) in [6, 6.07) is 19.1. The molecule has 0 spiro atoms. The van der Waals surface area contributed by atoms with E-state index in [0.717, 1.165) is 9.87 Å². The number of anilines is 1. The third-order valence-electron chi connectivity index (χ3n) is 7.23. The highest BCUT2D eigenvalue weighted by Gasteiger charge is 2.34. The highest BCUT2D eigenvalue weighted by molar-refractivity contribution is 7.92. The number of sulfonamides is 1. The van der Waals surface area contributed by atoms with Crippen LogP contribution in [0.1, 0.15) is 64.5 Å². The minimum Gasteiger partial charge on any atom is -0.352 e. The van der Waals surface area contributed by atoms with Crippen LogP contribution in [0.2, 0.25) is 10.0 Å². The topological polar surface area (TPSA) is 86.8 Å². The average molecular weight is 633 g/mol. The van der Waals surface area contributed by atoms with Gasteiger partial charge in [-0.1, -0.05) is 87.3 Å². The molecule has 2 amide bonds. The van der Waals surface area contributed by atoms with E-state index in [0.29, 0.717) is 34.1 Å². The van der Waals surface area contributed by atoms with E-state index < -0.39 is 28.5 Å². The number of nitrogens with zero attached hydrogens (tertiary/aromatic N) is 2. The highest BCUT2D eigenvalue weighted by Crippen LogP contribution is 2.29. The number of hydrogen-bond donors (Lipinski definition) is 1. The molecule has 0 aliphatic carbocycles. The first-order valence-electron chi connectivity index (χ1n) is 14.1. The van der Waals surface area contributed by atoms with Crippen molar-refractivity contribution >= 4 is 50.7 Å². The van der Waals surface area contributed by atoms with Gasteiger partial charge in [0.25, 0.3) is 10.0 Å². The lowest BCUT2D eigenvalue weighted by atomic mass is 10.0. The van der Waals surface area contributed by atoms with Gasteiger partial charge in [-0.3, -0.25) is 13.9 Å². The Morgan fingerprint density at radius 2 is 1.43 bits per heavy atom. The van der Waals surface area contributed by atoms with Gasteiger partial charge in [-0.15, -0.1) is 0 Å². The van der Waals surface area contributed by atoms with E-state index in [-0.39, 0.29) is 29.3 Å². The zero-order valence-electron chi connectivity index (χ0n) is 24.7. The van der Waals surface area contributed by atoms with Crippen molar-refractivity contribution in [1.29, 1.82) is 0 Å². The first-order valence-corrected chi connectivity index (χ1v) is 16.3. The minimum absolute atomic E-state index is 0.0491. The van der Waals surface area contributed by atoms with E-state index in [4.69, 9.17) is 23.2 Å². The number of halogens is 2. The normalized spacial score (nSPS) is 13.0. The molecular formula is C32H39Cl2N3O4S. The molecule has 2 atom stereocenters. The summed E-state index contributed by atoms with van der Waals surface area (Å²) in [6.45, 7) is 9.13. The molecule has 0 aliphatic heterocycles. The molecule has 7 nitrogen and oxygen atoms in total. The second-order valence-electron chi connectivity index (χ2n) is 10.5. The van der Waals surface area contributed by atoms with Crippen LogP contribution >= 0.6 is 23.2 Å². The SMILES string of the molecule is CC[C@@H](C)NC(=O)[C@H](CC)N(Cc1c(Cl)cccc1Cl)C(=O)CN(c1ccc(C(C)C)cc1)S(=O)(=O)c1ccccc1. The van der Waals surface area contributed by atoms with Crippen molar-refractivity contribution in [2.45, 2.75) is 76.9 Å². The van der Waals surface area contributed by atoms with Crippen LogP contribution in [0, 0.1) is 0 Å². The second-order valence-corrected chi connectivity index (χ2v) is 13.2. The Labute approximate surface area is 259 Å². The van der Waals surface area contributed by atoms with E-state index in [1.165, 1.54) is 17.0 Å². The summed E-state index contributed by atoms with van der Waals surface area (Å²) in [6.07, 6.45) is 1.01. The van der Waals surface area contributed by atoms with Crippen LogP contribution < -0.4 is 9.62 Å². The second kappa shape index (κ2) is 14.9. The molecule has 0 radical (unpaired) electrons. The summed E-state index contributed by atoms with van der Waals surface area (Å²) >= 11 is 13.0.